The first-order valence-corrected chi connectivity index (χ1v) is 6.80. The monoisotopic (exact) mass is 280 g/mol. The number of hydrogen-bond acceptors (Lipinski definition) is 2. The summed E-state index contributed by atoms with van der Waals surface area (Å²) < 4.78 is 0. The highest BCUT2D eigenvalue weighted by molar-refractivity contribution is 6.23. The number of amides is 3. The number of imide groups is 1. The van der Waals surface area contributed by atoms with Gasteiger partial charge in [-0.05, 0) is 32.4 Å². The molecule has 0 unspecified atom stereocenters. The lowest BCUT2D eigenvalue weighted by Gasteiger charge is -2.27. The van der Waals surface area contributed by atoms with Gasteiger partial charge in [-0.25, -0.2) is 9.69 Å². The van der Waals surface area contributed by atoms with Crippen LogP contribution in [-0.4, -0.2) is 34.8 Å². The van der Waals surface area contributed by atoms with Gasteiger partial charge in [-0.3, -0.25) is 4.79 Å². The van der Waals surface area contributed by atoms with Crippen LogP contribution in [0.1, 0.15) is 20.3 Å². The van der Waals surface area contributed by atoms with E-state index in [1.54, 1.807) is 30.9 Å². The highest BCUT2D eigenvalue weighted by Gasteiger charge is 2.51. The van der Waals surface area contributed by atoms with Gasteiger partial charge in [-0.15, -0.1) is 11.6 Å². The molecule has 0 bridgehead atoms. The van der Waals surface area contributed by atoms with Crippen molar-refractivity contribution >= 4 is 29.2 Å². The van der Waals surface area contributed by atoms with Crippen molar-refractivity contribution < 1.29 is 9.59 Å². The van der Waals surface area contributed by atoms with E-state index >= 15 is 0 Å². The Labute approximate surface area is 117 Å². The van der Waals surface area contributed by atoms with Gasteiger partial charge in [-0.2, -0.15) is 0 Å². The molecule has 0 aliphatic carbocycles. The quantitative estimate of drug-likeness (QED) is 0.628. The third kappa shape index (κ3) is 2.32. The Kier molecular flexibility index (Phi) is 3.80. The van der Waals surface area contributed by atoms with Crippen LogP contribution in [0.4, 0.5) is 10.5 Å². The maximum atomic E-state index is 12.4. The van der Waals surface area contributed by atoms with E-state index in [2.05, 4.69) is 0 Å². The van der Waals surface area contributed by atoms with Crippen LogP contribution in [0.5, 0.6) is 0 Å². The molecule has 102 valence electrons. The molecule has 0 aromatic heterocycles. The van der Waals surface area contributed by atoms with E-state index in [1.165, 1.54) is 4.90 Å². The average molecular weight is 281 g/mol. The van der Waals surface area contributed by atoms with Crippen molar-refractivity contribution in [1.82, 2.24) is 4.90 Å². The normalized spacial score (nSPS) is 18.3. The molecule has 19 heavy (non-hydrogen) atoms. The summed E-state index contributed by atoms with van der Waals surface area (Å²) in [5, 5.41) is 0. The predicted octanol–water partition coefficient (Wildman–Crippen LogP) is 2.86. The first-order chi connectivity index (χ1) is 9.00. The number of urea groups is 1. The maximum Gasteiger partial charge on any atom is 0.332 e. The largest absolute Gasteiger partial charge is 0.332 e. The highest BCUT2D eigenvalue weighted by atomic mass is 35.5. The molecule has 0 radical (unpaired) electrons. The van der Waals surface area contributed by atoms with Crippen molar-refractivity contribution in [2.45, 2.75) is 25.8 Å². The number of halogens is 1. The molecule has 4 nitrogen and oxygen atoms in total. The number of carbonyl (C=O) groups excluding carboxylic acids is 2. The summed E-state index contributed by atoms with van der Waals surface area (Å²) in [6.07, 6.45) is 0.673. The molecule has 1 saturated heterocycles. The molecular weight excluding hydrogens is 264 g/mol. The second-order valence-corrected chi connectivity index (χ2v) is 5.39. The molecule has 2 rings (SSSR count). The van der Waals surface area contributed by atoms with Crippen molar-refractivity contribution in [3.05, 3.63) is 30.3 Å². The van der Waals surface area contributed by atoms with Gasteiger partial charge < -0.3 is 4.90 Å². The van der Waals surface area contributed by atoms with Gasteiger partial charge in [0.05, 0.1) is 5.69 Å². The summed E-state index contributed by atoms with van der Waals surface area (Å²) in [7, 11) is 0. The van der Waals surface area contributed by atoms with Crippen molar-refractivity contribution in [3.8, 4) is 0 Å². The van der Waals surface area contributed by atoms with Crippen LogP contribution < -0.4 is 4.90 Å². The molecule has 1 aromatic carbocycles. The van der Waals surface area contributed by atoms with E-state index in [4.69, 9.17) is 11.6 Å². The van der Waals surface area contributed by atoms with Crippen LogP contribution in [0.3, 0.4) is 0 Å². The van der Waals surface area contributed by atoms with E-state index in [0.29, 0.717) is 24.5 Å². The molecule has 0 atom stereocenters. The lowest BCUT2D eigenvalue weighted by atomic mass is 10.0. The zero-order valence-corrected chi connectivity index (χ0v) is 11.9. The van der Waals surface area contributed by atoms with Gasteiger partial charge in [0.1, 0.15) is 5.54 Å². The van der Waals surface area contributed by atoms with Gasteiger partial charge in [-0.1, -0.05) is 18.2 Å². The van der Waals surface area contributed by atoms with Crippen molar-refractivity contribution in [1.29, 1.82) is 0 Å². The van der Waals surface area contributed by atoms with Gasteiger partial charge in [0.15, 0.2) is 0 Å². The van der Waals surface area contributed by atoms with E-state index in [0.717, 1.165) is 0 Å². The highest BCUT2D eigenvalue weighted by Crippen LogP contribution is 2.31. The molecule has 1 aromatic rings. The summed E-state index contributed by atoms with van der Waals surface area (Å²) >= 11 is 5.67. The smallest absolute Gasteiger partial charge is 0.310 e. The Balaban J connectivity index is 2.33. The van der Waals surface area contributed by atoms with Crippen LogP contribution in [0.25, 0.3) is 0 Å². The second-order valence-electron chi connectivity index (χ2n) is 5.01. The fourth-order valence-electron chi connectivity index (χ4n) is 2.23. The van der Waals surface area contributed by atoms with E-state index in [1.807, 2.05) is 18.2 Å². The number of hydrogen-bond donors (Lipinski definition) is 0. The molecule has 3 amide bonds. The average Bonchev–Trinajstić information content (AvgIpc) is 2.56. The number of para-hydroxylation sites is 1. The van der Waals surface area contributed by atoms with E-state index < -0.39 is 5.54 Å². The number of rotatable bonds is 4. The Morgan fingerprint density at radius 2 is 1.79 bits per heavy atom. The zero-order valence-electron chi connectivity index (χ0n) is 11.1. The number of benzene rings is 1. The fourth-order valence-corrected chi connectivity index (χ4v) is 2.35. The molecule has 1 heterocycles. The van der Waals surface area contributed by atoms with Crippen molar-refractivity contribution in [3.63, 3.8) is 0 Å². The third-order valence-electron chi connectivity index (χ3n) is 3.35. The Hall–Kier alpha value is -1.55. The first kappa shape index (κ1) is 13.9. The fraction of sp³-hybridized carbons (Fsp3) is 0.429. The van der Waals surface area contributed by atoms with Crippen LogP contribution in [0, 0.1) is 0 Å². The second kappa shape index (κ2) is 5.21. The molecule has 0 spiro atoms. The lowest BCUT2D eigenvalue weighted by Crippen LogP contribution is -2.44. The minimum Gasteiger partial charge on any atom is -0.310 e. The van der Waals surface area contributed by atoms with Gasteiger partial charge in [0.2, 0.25) is 0 Å². The summed E-state index contributed by atoms with van der Waals surface area (Å²) in [6, 6.07) is 8.72. The van der Waals surface area contributed by atoms with Crippen LogP contribution in [0.15, 0.2) is 30.3 Å². The van der Waals surface area contributed by atoms with Crippen molar-refractivity contribution in [2.24, 2.45) is 0 Å². The number of anilines is 1. The van der Waals surface area contributed by atoms with Gasteiger partial charge in [0.25, 0.3) is 5.91 Å². The standard InChI is InChI=1S/C14H17ClN2O2/c1-14(2)12(18)17(11-7-4-3-5-8-11)13(19)16(14)10-6-9-15/h3-5,7-8H,6,9-10H2,1-2H3. The number of carbonyl (C=O) groups is 2. The number of alkyl halides is 1. The zero-order chi connectivity index (χ0) is 14.0. The molecule has 1 fully saturated rings. The topological polar surface area (TPSA) is 40.6 Å². The first-order valence-electron chi connectivity index (χ1n) is 6.27. The van der Waals surface area contributed by atoms with Crippen LogP contribution in [0.2, 0.25) is 0 Å². The maximum absolute atomic E-state index is 12.4. The lowest BCUT2D eigenvalue weighted by molar-refractivity contribution is -0.123. The molecular formula is C14H17ClN2O2. The summed E-state index contributed by atoms with van der Waals surface area (Å²) in [5.74, 6) is 0.276. The van der Waals surface area contributed by atoms with Crippen LogP contribution in [-0.2, 0) is 4.79 Å². The third-order valence-corrected chi connectivity index (χ3v) is 3.62. The summed E-state index contributed by atoms with van der Waals surface area (Å²) in [6.45, 7) is 4.03. The SMILES string of the molecule is CC1(C)C(=O)N(c2ccccc2)C(=O)N1CCCCl. The molecule has 0 saturated carbocycles. The summed E-state index contributed by atoms with van der Waals surface area (Å²) in [4.78, 5) is 27.7. The Bertz CT molecular complexity index is 487. The minimum atomic E-state index is -0.820. The van der Waals surface area contributed by atoms with Gasteiger partial charge in [0, 0.05) is 12.4 Å². The number of nitrogens with zero attached hydrogens (tertiary/aromatic N) is 2. The summed E-state index contributed by atoms with van der Waals surface area (Å²) in [5.41, 5.74) is -0.210. The molecule has 1 aliphatic heterocycles. The Morgan fingerprint density at radius 1 is 1.16 bits per heavy atom. The molecule has 1 aliphatic rings. The minimum absolute atomic E-state index is 0.196. The van der Waals surface area contributed by atoms with E-state index in [-0.39, 0.29) is 11.9 Å². The van der Waals surface area contributed by atoms with E-state index in [9.17, 15) is 9.59 Å². The molecule has 0 N–H and O–H groups in total. The molecule has 5 heteroatoms. The predicted molar refractivity (Wildman–Crippen MR) is 75.4 cm³/mol. The van der Waals surface area contributed by atoms with Crippen molar-refractivity contribution in [2.75, 3.05) is 17.3 Å². The van der Waals surface area contributed by atoms with Gasteiger partial charge >= 0.3 is 6.03 Å². The Morgan fingerprint density at radius 3 is 2.37 bits per heavy atom. The van der Waals surface area contributed by atoms with Crippen LogP contribution >= 0.6 is 11.6 Å².